The fraction of sp³-hybridized carbons (Fsp3) is 0.182. The van der Waals surface area contributed by atoms with Gasteiger partial charge in [-0.15, -0.1) is 0 Å². The molecule has 2 nitrogen and oxygen atoms in total. The van der Waals surface area contributed by atoms with Crippen molar-refractivity contribution in [1.29, 1.82) is 0 Å². The van der Waals surface area contributed by atoms with Crippen molar-refractivity contribution in [3.8, 4) is 5.75 Å². The molecule has 0 aliphatic rings. The second-order valence-electron chi connectivity index (χ2n) is 6.15. The van der Waals surface area contributed by atoms with Gasteiger partial charge in [0, 0.05) is 23.7 Å². The number of halogens is 2. The maximum absolute atomic E-state index is 13.2. The zero-order valence-corrected chi connectivity index (χ0v) is 15.3. The second-order valence-corrected chi connectivity index (χ2v) is 6.55. The summed E-state index contributed by atoms with van der Waals surface area (Å²) in [5, 5.41) is 3.89. The van der Waals surface area contributed by atoms with E-state index >= 15 is 0 Å². The predicted octanol–water partition coefficient (Wildman–Crippen LogP) is 5.91. The van der Waals surface area contributed by atoms with Crippen LogP contribution in [0.1, 0.15) is 29.7 Å². The molecule has 0 saturated heterocycles. The Morgan fingerprint density at radius 2 is 1.69 bits per heavy atom. The molecule has 0 saturated carbocycles. The first-order valence-corrected chi connectivity index (χ1v) is 8.94. The van der Waals surface area contributed by atoms with E-state index in [1.807, 2.05) is 42.5 Å². The number of benzene rings is 3. The summed E-state index contributed by atoms with van der Waals surface area (Å²) >= 11 is 6.07. The van der Waals surface area contributed by atoms with Gasteiger partial charge in [-0.25, -0.2) is 4.39 Å². The zero-order chi connectivity index (χ0) is 18.4. The highest BCUT2D eigenvalue weighted by Crippen LogP contribution is 2.23. The first-order valence-electron chi connectivity index (χ1n) is 8.56. The molecule has 0 heterocycles. The van der Waals surface area contributed by atoms with Crippen LogP contribution in [-0.2, 0) is 13.2 Å². The minimum Gasteiger partial charge on any atom is -0.489 e. The van der Waals surface area contributed by atoms with E-state index in [9.17, 15) is 4.39 Å². The normalized spacial score (nSPS) is 12.0. The molecule has 3 aromatic rings. The van der Waals surface area contributed by atoms with Crippen LogP contribution < -0.4 is 10.1 Å². The van der Waals surface area contributed by atoms with Gasteiger partial charge in [-0.3, -0.25) is 0 Å². The van der Waals surface area contributed by atoms with Crippen molar-refractivity contribution in [3.05, 3.63) is 100 Å². The van der Waals surface area contributed by atoms with E-state index in [-0.39, 0.29) is 11.9 Å². The largest absolute Gasteiger partial charge is 0.489 e. The van der Waals surface area contributed by atoms with Crippen molar-refractivity contribution in [1.82, 2.24) is 5.32 Å². The third-order valence-corrected chi connectivity index (χ3v) is 4.62. The summed E-state index contributed by atoms with van der Waals surface area (Å²) in [6.07, 6.45) is 0. The number of rotatable bonds is 7. The molecule has 0 aliphatic heterocycles. The Morgan fingerprint density at radius 3 is 2.46 bits per heavy atom. The monoisotopic (exact) mass is 369 g/mol. The lowest BCUT2D eigenvalue weighted by atomic mass is 10.1. The summed E-state index contributed by atoms with van der Waals surface area (Å²) < 4.78 is 19.1. The topological polar surface area (TPSA) is 21.3 Å². The molecule has 0 aliphatic carbocycles. The quantitative estimate of drug-likeness (QED) is 0.559. The van der Waals surface area contributed by atoms with Gasteiger partial charge in [0.15, 0.2) is 0 Å². The van der Waals surface area contributed by atoms with Crippen LogP contribution in [-0.4, -0.2) is 0 Å². The van der Waals surface area contributed by atoms with Gasteiger partial charge in [0.05, 0.1) is 5.02 Å². The third-order valence-electron chi connectivity index (χ3n) is 4.27. The molecule has 1 atom stereocenters. The van der Waals surface area contributed by atoms with E-state index in [2.05, 4.69) is 24.4 Å². The number of nitrogens with one attached hydrogen (secondary N) is 1. The highest BCUT2D eigenvalue weighted by molar-refractivity contribution is 6.31. The summed E-state index contributed by atoms with van der Waals surface area (Å²) in [5.41, 5.74) is 3.06. The molecule has 0 radical (unpaired) electrons. The lowest BCUT2D eigenvalue weighted by Crippen LogP contribution is -2.18. The summed E-state index contributed by atoms with van der Waals surface area (Å²) in [6.45, 7) is 3.12. The summed E-state index contributed by atoms with van der Waals surface area (Å²) in [6, 6.07) is 22.8. The lowest BCUT2D eigenvalue weighted by Gasteiger charge is -2.17. The van der Waals surface area contributed by atoms with Gasteiger partial charge in [-0.05, 0) is 30.7 Å². The molecular weight excluding hydrogens is 349 g/mol. The van der Waals surface area contributed by atoms with Gasteiger partial charge >= 0.3 is 0 Å². The molecular formula is C22H21ClFNO. The Labute approximate surface area is 158 Å². The van der Waals surface area contributed by atoms with E-state index in [4.69, 9.17) is 16.3 Å². The summed E-state index contributed by atoms with van der Waals surface area (Å²) in [5.74, 6) is 0.443. The van der Waals surface area contributed by atoms with Gasteiger partial charge in [0.2, 0.25) is 0 Å². The van der Waals surface area contributed by atoms with Crippen molar-refractivity contribution in [2.24, 2.45) is 0 Å². The molecule has 4 heteroatoms. The Morgan fingerprint density at radius 1 is 0.962 bits per heavy atom. The second kappa shape index (κ2) is 8.84. The van der Waals surface area contributed by atoms with E-state index < -0.39 is 0 Å². The van der Waals surface area contributed by atoms with Gasteiger partial charge in [-0.2, -0.15) is 0 Å². The molecule has 1 N–H and O–H groups in total. The van der Waals surface area contributed by atoms with Crippen LogP contribution in [0.25, 0.3) is 0 Å². The molecule has 0 spiro atoms. The molecule has 0 bridgehead atoms. The van der Waals surface area contributed by atoms with Crippen molar-refractivity contribution in [2.75, 3.05) is 0 Å². The Balaban J connectivity index is 1.64. The van der Waals surface area contributed by atoms with Crippen molar-refractivity contribution >= 4 is 11.6 Å². The smallest absolute Gasteiger partial charge is 0.124 e. The van der Waals surface area contributed by atoms with Crippen LogP contribution >= 0.6 is 11.6 Å². The van der Waals surface area contributed by atoms with Crippen molar-refractivity contribution in [3.63, 3.8) is 0 Å². The predicted molar refractivity (Wildman–Crippen MR) is 104 cm³/mol. The molecule has 3 aromatic carbocycles. The van der Waals surface area contributed by atoms with Crippen LogP contribution in [0.2, 0.25) is 5.02 Å². The van der Waals surface area contributed by atoms with Gasteiger partial charge < -0.3 is 10.1 Å². The highest BCUT2D eigenvalue weighted by atomic mass is 35.5. The summed E-state index contributed by atoms with van der Waals surface area (Å²) in [4.78, 5) is 0. The van der Waals surface area contributed by atoms with Crippen LogP contribution in [0.4, 0.5) is 4.39 Å². The highest BCUT2D eigenvalue weighted by Gasteiger charge is 2.09. The average molecular weight is 370 g/mol. The average Bonchev–Trinajstić information content (AvgIpc) is 2.67. The van der Waals surface area contributed by atoms with Gasteiger partial charge in [-0.1, -0.05) is 66.2 Å². The van der Waals surface area contributed by atoms with Crippen LogP contribution in [0.15, 0.2) is 72.8 Å². The first-order chi connectivity index (χ1) is 12.6. The van der Waals surface area contributed by atoms with E-state index in [1.54, 1.807) is 6.07 Å². The minimum absolute atomic E-state index is 0.232. The number of hydrogen-bond acceptors (Lipinski definition) is 2. The fourth-order valence-corrected chi connectivity index (χ4v) is 2.93. The molecule has 0 aromatic heterocycles. The molecule has 0 fully saturated rings. The molecule has 134 valence electrons. The third kappa shape index (κ3) is 4.84. The maximum Gasteiger partial charge on any atom is 0.124 e. The number of ether oxygens (including phenoxy) is 1. The van der Waals surface area contributed by atoms with Crippen LogP contribution in [0, 0.1) is 5.82 Å². The Kier molecular flexibility index (Phi) is 6.26. The molecule has 3 rings (SSSR count). The van der Waals surface area contributed by atoms with Crippen LogP contribution in [0.3, 0.4) is 0 Å². The van der Waals surface area contributed by atoms with Crippen LogP contribution in [0.5, 0.6) is 5.75 Å². The number of para-hydroxylation sites is 1. The SMILES string of the molecule is C[C@@H](NCc1ccccc1OCc1ccc(F)cc1Cl)c1ccccc1. The lowest BCUT2D eigenvalue weighted by molar-refractivity contribution is 0.301. The maximum atomic E-state index is 13.2. The molecule has 0 amide bonds. The Hall–Kier alpha value is -2.36. The summed E-state index contributed by atoms with van der Waals surface area (Å²) in [7, 11) is 0. The van der Waals surface area contributed by atoms with E-state index in [0.29, 0.717) is 18.2 Å². The number of hydrogen-bond donors (Lipinski definition) is 1. The fourth-order valence-electron chi connectivity index (χ4n) is 2.71. The van der Waals surface area contributed by atoms with E-state index in [1.165, 1.54) is 17.7 Å². The van der Waals surface area contributed by atoms with Crippen molar-refractivity contribution < 1.29 is 9.13 Å². The minimum atomic E-state index is -0.349. The standard InChI is InChI=1S/C22H21ClFNO/c1-16(17-7-3-2-4-8-17)25-14-18-9-5-6-10-22(18)26-15-19-11-12-20(24)13-21(19)23/h2-13,16,25H,14-15H2,1H3/t16-/m1/s1. The first kappa shape index (κ1) is 18.4. The molecule has 0 unspecified atom stereocenters. The van der Waals surface area contributed by atoms with Gasteiger partial charge in [0.1, 0.15) is 18.2 Å². The van der Waals surface area contributed by atoms with Gasteiger partial charge in [0.25, 0.3) is 0 Å². The molecule has 26 heavy (non-hydrogen) atoms. The van der Waals surface area contributed by atoms with Crippen molar-refractivity contribution in [2.45, 2.75) is 26.1 Å². The Bertz CT molecular complexity index is 854. The zero-order valence-electron chi connectivity index (χ0n) is 14.6. The van der Waals surface area contributed by atoms with E-state index in [0.717, 1.165) is 16.9 Å².